The molecule has 1 aromatic heterocycles. The third-order valence-electron chi connectivity index (χ3n) is 3.27. The molecule has 1 unspecified atom stereocenters. The van der Waals surface area contributed by atoms with Crippen molar-refractivity contribution in [1.29, 1.82) is 0 Å². The minimum atomic E-state index is -2.85. The standard InChI is InChI=1S/C16H19F2NO/c1-13(9-10-15-8-5-11-20-15)19-12-16(17,18)14-6-3-2-4-7-14/h2-8,11,13,19H,9-10,12H2,1H3. The van der Waals surface area contributed by atoms with Crippen molar-refractivity contribution in [3.63, 3.8) is 0 Å². The van der Waals surface area contributed by atoms with Gasteiger partial charge in [0.05, 0.1) is 12.8 Å². The summed E-state index contributed by atoms with van der Waals surface area (Å²) in [6.07, 6.45) is 3.13. The molecule has 0 fully saturated rings. The molecule has 0 bridgehead atoms. The van der Waals surface area contributed by atoms with Crippen LogP contribution in [0.4, 0.5) is 8.78 Å². The molecular weight excluding hydrogens is 260 g/mol. The van der Waals surface area contributed by atoms with Crippen molar-refractivity contribution in [3.05, 3.63) is 60.1 Å². The van der Waals surface area contributed by atoms with E-state index in [0.29, 0.717) is 0 Å². The van der Waals surface area contributed by atoms with Crippen molar-refractivity contribution < 1.29 is 13.2 Å². The Morgan fingerprint density at radius 1 is 1.15 bits per heavy atom. The predicted octanol–water partition coefficient (Wildman–Crippen LogP) is 3.98. The summed E-state index contributed by atoms with van der Waals surface area (Å²) < 4.78 is 33.1. The van der Waals surface area contributed by atoms with Gasteiger partial charge in [-0.05, 0) is 25.5 Å². The monoisotopic (exact) mass is 279 g/mol. The molecule has 1 heterocycles. The number of rotatable bonds is 7. The summed E-state index contributed by atoms with van der Waals surface area (Å²) >= 11 is 0. The lowest BCUT2D eigenvalue weighted by molar-refractivity contribution is -0.00549. The van der Waals surface area contributed by atoms with E-state index >= 15 is 0 Å². The highest BCUT2D eigenvalue weighted by atomic mass is 19.3. The van der Waals surface area contributed by atoms with Crippen LogP contribution in [-0.4, -0.2) is 12.6 Å². The van der Waals surface area contributed by atoms with Gasteiger partial charge in [0.2, 0.25) is 0 Å². The van der Waals surface area contributed by atoms with E-state index in [1.807, 2.05) is 19.1 Å². The molecule has 1 atom stereocenters. The molecule has 2 rings (SSSR count). The zero-order valence-electron chi connectivity index (χ0n) is 11.5. The molecule has 0 radical (unpaired) electrons. The van der Waals surface area contributed by atoms with E-state index in [1.54, 1.807) is 24.5 Å². The predicted molar refractivity (Wildman–Crippen MR) is 74.8 cm³/mol. The Balaban J connectivity index is 1.79. The van der Waals surface area contributed by atoms with Gasteiger partial charge in [-0.25, -0.2) is 0 Å². The van der Waals surface area contributed by atoms with Crippen LogP contribution in [0.25, 0.3) is 0 Å². The van der Waals surface area contributed by atoms with Crippen molar-refractivity contribution in [3.8, 4) is 0 Å². The fourth-order valence-electron chi connectivity index (χ4n) is 2.00. The van der Waals surface area contributed by atoms with E-state index in [0.717, 1.165) is 18.6 Å². The van der Waals surface area contributed by atoms with E-state index in [9.17, 15) is 8.78 Å². The minimum absolute atomic E-state index is 0.00897. The third kappa shape index (κ3) is 4.17. The summed E-state index contributed by atoms with van der Waals surface area (Å²) in [5.41, 5.74) is 0.0470. The normalized spacial score (nSPS) is 13.3. The van der Waals surface area contributed by atoms with Gasteiger partial charge in [-0.1, -0.05) is 30.3 Å². The van der Waals surface area contributed by atoms with Gasteiger partial charge in [0.15, 0.2) is 0 Å². The van der Waals surface area contributed by atoms with Gasteiger partial charge in [0, 0.05) is 18.0 Å². The molecule has 4 heteroatoms. The van der Waals surface area contributed by atoms with Gasteiger partial charge in [-0.2, -0.15) is 8.78 Å². The summed E-state index contributed by atoms with van der Waals surface area (Å²) in [5, 5.41) is 2.89. The number of aryl methyl sites for hydroxylation is 1. The van der Waals surface area contributed by atoms with Crippen molar-refractivity contribution in [2.24, 2.45) is 0 Å². The van der Waals surface area contributed by atoms with Crippen LogP contribution in [0.1, 0.15) is 24.7 Å². The largest absolute Gasteiger partial charge is 0.469 e. The number of benzene rings is 1. The second kappa shape index (κ2) is 6.66. The van der Waals surface area contributed by atoms with E-state index in [1.165, 1.54) is 12.1 Å². The minimum Gasteiger partial charge on any atom is -0.469 e. The number of hydrogen-bond donors (Lipinski definition) is 1. The first kappa shape index (κ1) is 14.7. The zero-order valence-corrected chi connectivity index (χ0v) is 11.5. The first-order valence-corrected chi connectivity index (χ1v) is 6.77. The second-order valence-corrected chi connectivity index (χ2v) is 4.97. The Hall–Kier alpha value is -1.68. The topological polar surface area (TPSA) is 25.2 Å². The number of hydrogen-bond acceptors (Lipinski definition) is 2. The Bertz CT molecular complexity index is 496. The first-order chi connectivity index (χ1) is 9.58. The molecule has 2 nitrogen and oxygen atoms in total. The molecule has 0 aliphatic heterocycles. The quantitative estimate of drug-likeness (QED) is 0.829. The summed E-state index contributed by atoms with van der Waals surface area (Å²) in [6, 6.07) is 11.6. The third-order valence-corrected chi connectivity index (χ3v) is 3.27. The Morgan fingerprint density at radius 2 is 1.90 bits per heavy atom. The van der Waals surface area contributed by atoms with Gasteiger partial charge >= 0.3 is 0 Å². The molecule has 2 aromatic rings. The average molecular weight is 279 g/mol. The molecule has 0 aliphatic carbocycles. The summed E-state index contributed by atoms with van der Waals surface area (Å²) in [7, 11) is 0. The zero-order chi connectivity index (χ0) is 14.4. The molecule has 1 aromatic carbocycles. The summed E-state index contributed by atoms with van der Waals surface area (Å²) in [6.45, 7) is 1.56. The van der Waals surface area contributed by atoms with Gasteiger partial charge < -0.3 is 9.73 Å². The maximum Gasteiger partial charge on any atom is 0.285 e. The number of nitrogens with one attached hydrogen (secondary N) is 1. The van der Waals surface area contributed by atoms with Gasteiger partial charge in [-0.3, -0.25) is 0 Å². The van der Waals surface area contributed by atoms with Crippen molar-refractivity contribution >= 4 is 0 Å². The lowest BCUT2D eigenvalue weighted by Crippen LogP contribution is -2.36. The van der Waals surface area contributed by atoms with Crippen molar-refractivity contribution in [1.82, 2.24) is 5.32 Å². The highest BCUT2D eigenvalue weighted by Crippen LogP contribution is 2.26. The Morgan fingerprint density at radius 3 is 2.55 bits per heavy atom. The lowest BCUT2D eigenvalue weighted by atomic mass is 10.1. The van der Waals surface area contributed by atoms with Crippen LogP contribution < -0.4 is 5.32 Å². The molecule has 0 aliphatic rings. The Labute approximate surface area is 117 Å². The van der Waals surface area contributed by atoms with Gasteiger partial charge in [0.1, 0.15) is 5.76 Å². The van der Waals surface area contributed by atoms with E-state index in [4.69, 9.17) is 4.42 Å². The van der Waals surface area contributed by atoms with E-state index in [-0.39, 0.29) is 18.2 Å². The molecule has 0 amide bonds. The van der Waals surface area contributed by atoms with Crippen LogP contribution in [0.5, 0.6) is 0 Å². The van der Waals surface area contributed by atoms with Crippen molar-refractivity contribution in [2.45, 2.75) is 31.7 Å². The van der Waals surface area contributed by atoms with Crippen LogP contribution in [0.3, 0.4) is 0 Å². The summed E-state index contributed by atoms with van der Waals surface area (Å²) in [4.78, 5) is 0. The molecule has 0 spiro atoms. The van der Waals surface area contributed by atoms with Crippen molar-refractivity contribution in [2.75, 3.05) is 6.54 Å². The molecular formula is C16H19F2NO. The van der Waals surface area contributed by atoms with Crippen LogP contribution in [-0.2, 0) is 12.3 Å². The highest BCUT2D eigenvalue weighted by Gasteiger charge is 2.31. The number of halogens is 2. The average Bonchev–Trinajstić information content (AvgIpc) is 2.97. The molecule has 20 heavy (non-hydrogen) atoms. The maximum atomic E-state index is 13.9. The van der Waals surface area contributed by atoms with Crippen LogP contribution >= 0.6 is 0 Å². The fourth-order valence-corrected chi connectivity index (χ4v) is 2.00. The van der Waals surface area contributed by atoms with E-state index < -0.39 is 5.92 Å². The highest BCUT2D eigenvalue weighted by molar-refractivity contribution is 5.20. The maximum absolute atomic E-state index is 13.9. The molecule has 108 valence electrons. The van der Waals surface area contributed by atoms with Crippen LogP contribution in [0.15, 0.2) is 53.1 Å². The van der Waals surface area contributed by atoms with E-state index in [2.05, 4.69) is 5.32 Å². The fraction of sp³-hybridized carbons (Fsp3) is 0.375. The van der Waals surface area contributed by atoms with Crippen LogP contribution in [0.2, 0.25) is 0 Å². The molecule has 0 saturated carbocycles. The summed E-state index contributed by atoms with van der Waals surface area (Å²) in [5.74, 6) is -1.96. The molecule has 0 saturated heterocycles. The smallest absolute Gasteiger partial charge is 0.285 e. The number of furan rings is 1. The Kier molecular flexibility index (Phi) is 4.90. The SMILES string of the molecule is CC(CCc1ccco1)NCC(F)(F)c1ccccc1. The number of alkyl halides is 2. The second-order valence-electron chi connectivity index (χ2n) is 4.97. The first-order valence-electron chi connectivity index (χ1n) is 6.77. The van der Waals surface area contributed by atoms with Gasteiger partial charge in [-0.15, -0.1) is 0 Å². The molecule has 1 N–H and O–H groups in total. The van der Waals surface area contributed by atoms with Crippen LogP contribution in [0, 0.1) is 0 Å². The lowest BCUT2D eigenvalue weighted by Gasteiger charge is -2.20. The van der Waals surface area contributed by atoms with Gasteiger partial charge in [0.25, 0.3) is 5.92 Å².